The van der Waals surface area contributed by atoms with Crippen molar-refractivity contribution in [2.24, 2.45) is 0 Å². The lowest BCUT2D eigenvalue weighted by atomic mass is 9.98. The minimum atomic E-state index is 0.0317. The van der Waals surface area contributed by atoms with Crippen molar-refractivity contribution < 1.29 is 9.32 Å². The molecule has 112 valence electrons. The third-order valence-corrected chi connectivity index (χ3v) is 5.02. The van der Waals surface area contributed by atoms with Crippen molar-refractivity contribution in [3.05, 3.63) is 33.1 Å². The molecule has 0 aliphatic carbocycles. The van der Waals surface area contributed by atoms with Gasteiger partial charge < -0.3 is 9.42 Å². The summed E-state index contributed by atoms with van der Waals surface area (Å²) in [6.45, 7) is 7.20. The molecule has 1 saturated heterocycles. The zero-order chi connectivity index (χ0) is 15.0. The number of aromatic nitrogens is 2. The van der Waals surface area contributed by atoms with E-state index in [4.69, 9.17) is 4.52 Å². The van der Waals surface area contributed by atoms with Crippen LogP contribution in [-0.4, -0.2) is 34.0 Å². The SMILES string of the molecule is Cc1cnc(C2CCCN(C(=O)c3c(C)noc3C)C2)s1. The van der Waals surface area contributed by atoms with Crippen LogP contribution in [0.1, 0.15) is 50.5 Å². The summed E-state index contributed by atoms with van der Waals surface area (Å²) in [6, 6.07) is 0. The van der Waals surface area contributed by atoms with Crippen LogP contribution in [0.3, 0.4) is 0 Å². The topological polar surface area (TPSA) is 59.2 Å². The van der Waals surface area contributed by atoms with Crippen LogP contribution in [0.2, 0.25) is 0 Å². The summed E-state index contributed by atoms with van der Waals surface area (Å²) in [4.78, 5) is 20.3. The van der Waals surface area contributed by atoms with Gasteiger partial charge in [0.05, 0.1) is 10.7 Å². The zero-order valence-electron chi connectivity index (χ0n) is 12.5. The second kappa shape index (κ2) is 5.60. The molecule has 2 aromatic heterocycles. The van der Waals surface area contributed by atoms with Gasteiger partial charge in [0.15, 0.2) is 0 Å². The van der Waals surface area contributed by atoms with Gasteiger partial charge in [0.1, 0.15) is 11.3 Å². The molecule has 3 heterocycles. The number of amides is 1. The molecule has 0 aromatic carbocycles. The summed E-state index contributed by atoms with van der Waals surface area (Å²) in [6.07, 6.45) is 4.02. The van der Waals surface area contributed by atoms with Crippen molar-refractivity contribution >= 4 is 17.2 Å². The average Bonchev–Trinajstić information content (AvgIpc) is 3.05. The minimum Gasteiger partial charge on any atom is -0.361 e. The van der Waals surface area contributed by atoms with Crippen molar-refractivity contribution in [3.8, 4) is 0 Å². The highest BCUT2D eigenvalue weighted by Crippen LogP contribution is 2.30. The fraction of sp³-hybridized carbons (Fsp3) is 0.533. The molecule has 1 atom stereocenters. The van der Waals surface area contributed by atoms with Crippen LogP contribution >= 0.6 is 11.3 Å². The fourth-order valence-corrected chi connectivity index (χ4v) is 3.77. The summed E-state index contributed by atoms with van der Waals surface area (Å²) >= 11 is 1.73. The van der Waals surface area contributed by atoms with E-state index in [1.165, 1.54) is 4.88 Å². The Labute approximate surface area is 128 Å². The third-order valence-electron chi connectivity index (χ3n) is 3.94. The van der Waals surface area contributed by atoms with Gasteiger partial charge in [0.2, 0.25) is 0 Å². The molecule has 0 spiro atoms. The van der Waals surface area contributed by atoms with Gasteiger partial charge in [0, 0.05) is 30.1 Å². The summed E-state index contributed by atoms with van der Waals surface area (Å²) in [5.41, 5.74) is 1.29. The maximum absolute atomic E-state index is 12.7. The standard InChI is InChI=1S/C15H19N3O2S/c1-9-7-16-14(21-9)12-5-4-6-18(8-12)15(19)13-10(2)17-20-11(13)3/h7,12H,4-6,8H2,1-3H3. The molecule has 0 N–H and O–H groups in total. The molecule has 1 unspecified atom stereocenters. The lowest BCUT2D eigenvalue weighted by Crippen LogP contribution is -2.39. The lowest BCUT2D eigenvalue weighted by Gasteiger charge is -2.31. The highest BCUT2D eigenvalue weighted by Gasteiger charge is 2.29. The number of aryl methyl sites for hydroxylation is 3. The number of thiazole rings is 1. The van der Waals surface area contributed by atoms with E-state index in [0.717, 1.165) is 30.9 Å². The second-order valence-electron chi connectivity index (χ2n) is 5.60. The van der Waals surface area contributed by atoms with E-state index >= 15 is 0 Å². The highest BCUT2D eigenvalue weighted by molar-refractivity contribution is 7.11. The molecular weight excluding hydrogens is 286 g/mol. The van der Waals surface area contributed by atoms with E-state index in [1.807, 2.05) is 18.0 Å². The first kappa shape index (κ1) is 14.3. The largest absolute Gasteiger partial charge is 0.361 e. The summed E-state index contributed by atoms with van der Waals surface area (Å²) in [7, 11) is 0. The number of piperidine rings is 1. The zero-order valence-corrected chi connectivity index (χ0v) is 13.4. The molecule has 6 heteroatoms. The molecule has 1 aliphatic heterocycles. The smallest absolute Gasteiger partial charge is 0.259 e. The molecule has 3 rings (SSSR count). The first-order valence-electron chi connectivity index (χ1n) is 7.20. The van der Waals surface area contributed by atoms with Gasteiger partial charge in [-0.1, -0.05) is 5.16 Å². The highest BCUT2D eigenvalue weighted by atomic mass is 32.1. The number of carbonyl (C=O) groups is 1. The Morgan fingerprint density at radius 3 is 2.86 bits per heavy atom. The van der Waals surface area contributed by atoms with Gasteiger partial charge in [-0.3, -0.25) is 4.79 Å². The van der Waals surface area contributed by atoms with Gasteiger partial charge in [0.25, 0.3) is 5.91 Å². The van der Waals surface area contributed by atoms with E-state index in [9.17, 15) is 4.79 Å². The van der Waals surface area contributed by atoms with Gasteiger partial charge in [-0.2, -0.15) is 0 Å². The maximum Gasteiger partial charge on any atom is 0.259 e. The van der Waals surface area contributed by atoms with Crippen LogP contribution in [0.4, 0.5) is 0 Å². The van der Waals surface area contributed by atoms with Crippen LogP contribution in [0.15, 0.2) is 10.7 Å². The third kappa shape index (κ3) is 2.72. The Morgan fingerprint density at radius 1 is 1.43 bits per heavy atom. The normalized spacial score (nSPS) is 19.0. The summed E-state index contributed by atoms with van der Waals surface area (Å²) in [5.74, 6) is 0.982. The molecule has 1 aliphatic rings. The van der Waals surface area contributed by atoms with E-state index in [1.54, 1.807) is 18.3 Å². The van der Waals surface area contributed by atoms with Gasteiger partial charge in [-0.25, -0.2) is 4.98 Å². The Morgan fingerprint density at radius 2 is 2.24 bits per heavy atom. The number of nitrogens with zero attached hydrogens (tertiary/aromatic N) is 3. The number of rotatable bonds is 2. The lowest BCUT2D eigenvalue weighted by molar-refractivity contribution is 0.0704. The Bertz CT molecular complexity index is 642. The van der Waals surface area contributed by atoms with Crippen LogP contribution in [0.5, 0.6) is 0 Å². The van der Waals surface area contributed by atoms with E-state index < -0.39 is 0 Å². The van der Waals surface area contributed by atoms with Crippen molar-refractivity contribution in [2.45, 2.75) is 39.5 Å². The van der Waals surface area contributed by atoms with Crippen LogP contribution in [0.25, 0.3) is 0 Å². The Hall–Kier alpha value is -1.69. The van der Waals surface area contributed by atoms with Crippen LogP contribution < -0.4 is 0 Å². The number of likely N-dealkylation sites (tertiary alicyclic amines) is 1. The minimum absolute atomic E-state index is 0.0317. The van der Waals surface area contributed by atoms with Gasteiger partial charge in [-0.05, 0) is 33.6 Å². The molecular formula is C15H19N3O2S. The monoisotopic (exact) mass is 305 g/mol. The molecule has 0 radical (unpaired) electrons. The van der Waals surface area contributed by atoms with Crippen molar-refractivity contribution in [3.63, 3.8) is 0 Å². The predicted octanol–water partition coefficient (Wildman–Crippen LogP) is 3.08. The van der Waals surface area contributed by atoms with Crippen molar-refractivity contribution in [1.82, 2.24) is 15.0 Å². The molecule has 1 amide bonds. The fourth-order valence-electron chi connectivity index (χ4n) is 2.87. The Balaban J connectivity index is 1.78. The molecule has 0 saturated carbocycles. The average molecular weight is 305 g/mol. The molecule has 21 heavy (non-hydrogen) atoms. The summed E-state index contributed by atoms with van der Waals surface area (Å²) < 4.78 is 5.11. The van der Waals surface area contributed by atoms with E-state index in [2.05, 4.69) is 17.1 Å². The van der Waals surface area contributed by atoms with Crippen molar-refractivity contribution in [1.29, 1.82) is 0 Å². The first-order chi connectivity index (χ1) is 10.1. The summed E-state index contributed by atoms with van der Waals surface area (Å²) in [5, 5.41) is 5.02. The predicted molar refractivity (Wildman–Crippen MR) is 80.7 cm³/mol. The molecule has 0 bridgehead atoms. The number of hydrogen-bond donors (Lipinski definition) is 0. The van der Waals surface area contributed by atoms with Crippen LogP contribution in [-0.2, 0) is 0 Å². The number of hydrogen-bond acceptors (Lipinski definition) is 5. The molecule has 1 fully saturated rings. The van der Waals surface area contributed by atoms with E-state index in [0.29, 0.717) is 22.9 Å². The van der Waals surface area contributed by atoms with Gasteiger partial charge >= 0.3 is 0 Å². The van der Waals surface area contributed by atoms with Crippen LogP contribution in [0, 0.1) is 20.8 Å². The van der Waals surface area contributed by atoms with Crippen molar-refractivity contribution in [2.75, 3.05) is 13.1 Å². The molecule has 2 aromatic rings. The molecule has 5 nitrogen and oxygen atoms in total. The Kier molecular flexibility index (Phi) is 3.80. The first-order valence-corrected chi connectivity index (χ1v) is 8.02. The number of carbonyl (C=O) groups excluding carboxylic acids is 1. The van der Waals surface area contributed by atoms with E-state index in [-0.39, 0.29) is 5.91 Å². The maximum atomic E-state index is 12.7. The second-order valence-corrected chi connectivity index (χ2v) is 6.86. The quantitative estimate of drug-likeness (QED) is 0.855. The van der Waals surface area contributed by atoms with Gasteiger partial charge in [-0.15, -0.1) is 11.3 Å².